The summed E-state index contributed by atoms with van der Waals surface area (Å²) in [7, 11) is 0. The predicted molar refractivity (Wildman–Crippen MR) is 131 cm³/mol. The fourth-order valence-corrected chi connectivity index (χ4v) is 4.07. The first kappa shape index (κ1) is 27.5. The van der Waals surface area contributed by atoms with Gasteiger partial charge in [-0.3, -0.25) is 0 Å². The van der Waals surface area contributed by atoms with Crippen molar-refractivity contribution in [3.63, 3.8) is 0 Å². The molecule has 0 aliphatic rings. The number of rotatable bonds is 24. The summed E-state index contributed by atoms with van der Waals surface area (Å²) in [6.45, 7) is 10.3. The van der Waals surface area contributed by atoms with Gasteiger partial charge in [-0.15, -0.1) is 6.58 Å². The summed E-state index contributed by atoms with van der Waals surface area (Å²) in [6, 6.07) is 0. The molecule has 166 valence electrons. The molecule has 0 aromatic carbocycles. The molecule has 0 heteroatoms. The Kier molecular flexibility index (Phi) is 24.1. The van der Waals surface area contributed by atoms with E-state index in [-0.39, 0.29) is 0 Å². The average Bonchev–Trinajstić information content (AvgIpc) is 2.70. The molecule has 0 aromatic heterocycles. The summed E-state index contributed by atoms with van der Waals surface area (Å²) in [5.41, 5.74) is 1.47. The highest BCUT2D eigenvalue weighted by molar-refractivity contribution is 4.93. The van der Waals surface area contributed by atoms with Crippen molar-refractivity contribution in [2.75, 3.05) is 0 Å². The Hall–Kier alpha value is -0.520. The highest BCUT2D eigenvalue weighted by atomic mass is 14.0. The van der Waals surface area contributed by atoms with Crippen LogP contribution in [0.2, 0.25) is 0 Å². The van der Waals surface area contributed by atoms with Crippen molar-refractivity contribution in [1.82, 2.24) is 0 Å². The van der Waals surface area contributed by atoms with Gasteiger partial charge in [-0.25, -0.2) is 0 Å². The lowest BCUT2D eigenvalue weighted by atomic mass is 10.0. The van der Waals surface area contributed by atoms with Gasteiger partial charge in [0, 0.05) is 0 Å². The summed E-state index contributed by atoms with van der Waals surface area (Å²) in [6.07, 6.45) is 34.4. The molecule has 0 rings (SSSR count). The molecule has 0 heterocycles. The highest BCUT2D eigenvalue weighted by Crippen LogP contribution is 2.17. The Bertz CT molecular complexity index is 314. The van der Waals surface area contributed by atoms with Crippen molar-refractivity contribution >= 4 is 0 Å². The molecular weight excluding hydrogens is 336 g/mol. The minimum atomic E-state index is 1.16. The van der Waals surface area contributed by atoms with Crippen molar-refractivity contribution in [1.29, 1.82) is 0 Å². The normalized spacial score (nSPS) is 11.0. The van der Waals surface area contributed by atoms with Crippen molar-refractivity contribution in [2.24, 2.45) is 0 Å². The minimum Gasteiger partial charge on any atom is -0.103 e. The predicted octanol–water partition coefficient (Wildman–Crippen LogP) is 10.7. The smallest absolute Gasteiger partial charge is 0.0323 e. The van der Waals surface area contributed by atoms with Gasteiger partial charge in [0.25, 0.3) is 0 Å². The van der Waals surface area contributed by atoms with Crippen LogP contribution in [0.25, 0.3) is 0 Å². The molecule has 0 bridgehead atoms. The third kappa shape index (κ3) is 23.5. The van der Waals surface area contributed by atoms with E-state index < -0.39 is 0 Å². The maximum Gasteiger partial charge on any atom is -0.0323 e. The molecular formula is C28H54. The minimum absolute atomic E-state index is 1.16. The fraction of sp³-hybridized carbons (Fsp3) is 0.857. The molecule has 28 heavy (non-hydrogen) atoms. The van der Waals surface area contributed by atoms with E-state index >= 15 is 0 Å². The molecule has 0 saturated carbocycles. The van der Waals surface area contributed by atoms with Crippen LogP contribution < -0.4 is 0 Å². The van der Waals surface area contributed by atoms with Crippen LogP contribution in [0.4, 0.5) is 0 Å². The number of hydrogen-bond acceptors (Lipinski definition) is 0. The fourth-order valence-electron chi connectivity index (χ4n) is 4.07. The Morgan fingerprint density at radius 3 is 1.18 bits per heavy atom. The molecule has 0 aliphatic carbocycles. The maximum absolute atomic E-state index is 4.24. The maximum atomic E-state index is 4.24. The van der Waals surface area contributed by atoms with Crippen LogP contribution in [0.3, 0.4) is 0 Å². The second-order valence-corrected chi connectivity index (χ2v) is 9.04. The third-order valence-electron chi connectivity index (χ3n) is 6.07. The number of unbranched alkanes of at least 4 members (excludes halogenated alkanes) is 19. The van der Waals surface area contributed by atoms with Gasteiger partial charge in [-0.2, -0.15) is 0 Å². The first-order valence-corrected chi connectivity index (χ1v) is 13.1. The molecule has 0 aliphatic heterocycles. The van der Waals surface area contributed by atoms with E-state index in [0.717, 1.165) is 6.42 Å². The van der Waals surface area contributed by atoms with Crippen molar-refractivity contribution in [2.45, 2.75) is 155 Å². The zero-order chi connectivity index (χ0) is 20.5. The number of allylic oxidation sites excluding steroid dienone is 2. The van der Waals surface area contributed by atoms with Crippen LogP contribution in [-0.4, -0.2) is 0 Å². The quantitative estimate of drug-likeness (QED) is 0.113. The van der Waals surface area contributed by atoms with Crippen LogP contribution >= 0.6 is 0 Å². The van der Waals surface area contributed by atoms with Crippen LogP contribution in [0.15, 0.2) is 24.8 Å². The molecule has 0 aromatic rings. The van der Waals surface area contributed by atoms with Gasteiger partial charge in [0.15, 0.2) is 0 Å². The largest absolute Gasteiger partial charge is 0.103 e. The lowest BCUT2D eigenvalue weighted by Crippen LogP contribution is -1.86. The van der Waals surface area contributed by atoms with Crippen LogP contribution in [0.5, 0.6) is 0 Å². The Morgan fingerprint density at radius 2 is 0.821 bits per heavy atom. The van der Waals surface area contributed by atoms with Crippen molar-refractivity contribution in [3.05, 3.63) is 24.8 Å². The van der Waals surface area contributed by atoms with E-state index in [4.69, 9.17) is 0 Å². The third-order valence-corrected chi connectivity index (χ3v) is 6.07. The standard InChI is InChI=1S/C28H54/c1-4-6-8-10-11-12-13-14-15-16-17-18-19-20-21-22-23-25-27-28(3)26-24-9-7-5-2/h5H,2-4,6-27H2,1H3. The molecule has 0 spiro atoms. The van der Waals surface area contributed by atoms with Gasteiger partial charge in [0.1, 0.15) is 0 Å². The SMILES string of the molecule is C=CCCCCC(=C)CCCCCCCCCCCCCCCCCCCC. The van der Waals surface area contributed by atoms with Gasteiger partial charge >= 0.3 is 0 Å². The number of hydrogen-bond donors (Lipinski definition) is 0. The van der Waals surface area contributed by atoms with Gasteiger partial charge in [0.05, 0.1) is 0 Å². The first-order valence-electron chi connectivity index (χ1n) is 13.1. The van der Waals surface area contributed by atoms with E-state index in [2.05, 4.69) is 20.1 Å². The molecule has 0 unspecified atom stereocenters. The molecule has 0 nitrogen and oxygen atoms in total. The molecule has 0 amide bonds. The highest BCUT2D eigenvalue weighted by Gasteiger charge is 1.97. The van der Waals surface area contributed by atoms with Gasteiger partial charge < -0.3 is 0 Å². The second kappa shape index (κ2) is 24.5. The van der Waals surface area contributed by atoms with E-state index in [1.807, 2.05) is 6.08 Å². The topological polar surface area (TPSA) is 0 Å². The Morgan fingerprint density at radius 1 is 0.500 bits per heavy atom. The summed E-state index contributed by atoms with van der Waals surface area (Å²) in [5.74, 6) is 0. The lowest BCUT2D eigenvalue weighted by Gasteiger charge is -2.06. The van der Waals surface area contributed by atoms with Crippen LogP contribution in [0, 0.1) is 0 Å². The summed E-state index contributed by atoms with van der Waals surface area (Å²) in [4.78, 5) is 0. The summed E-state index contributed by atoms with van der Waals surface area (Å²) < 4.78 is 0. The van der Waals surface area contributed by atoms with Gasteiger partial charge in [-0.1, -0.05) is 134 Å². The van der Waals surface area contributed by atoms with Crippen molar-refractivity contribution < 1.29 is 0 Å². The van der Waals surface area contributed by atoms with Crippen LogP contribution in [0.1, 0.15) is 155 Å². The molecule has 0 fully saturated rings. The monoisotopic (exact) mass is 390 g/mol. The second-order valence-electron chi connectivity index (χ2n) is 9.04. The lowest BCUT2D eigenvalue weighted by molar-refractivity contribution is 0.524. The van der Waals surface area contributed by atoms with E-state index in [0.29, 0.717) is 0 Å². The Labute approximate surface area is 179 Å². The van der Waals surface area contributed by atoms with Gasteiger partial charge in [0.2, 0.25) is 0 Å². The van der Waals surface area contributed by atoms with E-state index in [1.54, 1.807) is 0 Å². The first-order chi connectivity index (χ1) is 13.8. The average molecular weight is 391 g/mol. The van der Waals surface area contributed by atoms with Crippen LogP contribution in [-0.2, 0) is 0 Å². The van der Waals surface area contributed by atoms with Gasteiger partial charge in [-0.05, 0) is 38.5 Å². The van der Waals surface area contributed by atoms with Crippen molar-refractivity contribution in [3.8, 4) is 0 Å². The Balaban J connectivity index is 3.08. The summed E-state index contributed by atoms with van der Waals surface area (Å²) >= 11 is 0. The molecule has 0 saturated heterocycles. The molecule has 0 N–H and O–H groups in total. The molecule has 0 atom stereocenters. The van der Waals surface area contributed by atoms with E-state index in [1.165, 1.54) is 147 Å². The van der Waals surface area contributed by atoms with E-state index in [9.17, 15) is 0 Å². The zero-order valence-corrected chi connectivity index (χ0v) is 19.8. The summed E-state index contributed by atoms with van der Waals surface area (Å²) in [5, 5.41) is 0. The zero-order valence-electron chi connectivity index (χ0n) is 19.8. The molecule has 0 radical (unpaired) electrons.